The van der Waals surface area contributed by atoms with E-state index in [-0.39, 0.29) is 0 Å². The van der Waals surface area contributed by atoms with Crippen LogP contribution in [0.3, 0.4) is 0 Å². The predicted molar refractivity (Wildman–Crippen MR) is 103 cm³/mol. The molecule has 0 aliphatic heterocycles. The summed E-state index contributed by atoms with van der Waals surface area (Å²) in [5.41, 5.74) is 10.2. The van der Waals surface area contributed by atoms with Crippen molar-refractivity contribution in [3.63, 3.8) is 0 Å². The van der Waals surface area contributed by atoms with Crippen LogP contribution in [0.4, 0.5) is 5.88 Å². The van der Waals surface area contributed by atoms with Crippen LogP contribution in [0, 0.1) is 0 Å². The second-order valence-electron chi connectivity index (χ2n) is 6.12. The molecule has 0 unspecified atom stereocenters. The molecule has 2 heterocycles. The molecule has 0 aliphatic carbocycles. The highest BCUT2D eigenvalue weighted by atomic mass is 16.3. The van der Waals surface area contributed by atoms with Gasteiger partial charge in [0.15, 0.2) is 5.88 Å². The van der Waals surface area contributed by atoms with Crippen LogP contribution < -0.4 is 5.73 Å². The summed E-state index contributed by atoms with van der Waals surface area (Å²) in [4.78, 5) is 0. The molecule has 2 aromatic heterocycles. The Hall–Kier alpha value is -3.46. The summed E-state index contributed by atoms with van der Waals surface area (Å²) in [6.07, 6.45) is 0. The van der Waals surface area contributed by atoms with Gasteiger partial charge in [-0.2, -0.15) is 0 Å². The van der Waals surface area contributed by atoms with Gasteiger partial charge in [-0.25, -0.2) is 0 Å². The van der Waals surface area contributed by atoms with E-state index in [1.807, 2.05) is 12.1 Å². The predicted octanol–water partition coefficient (Wildman–Crippen LogP) is 5.63. The highest BCUT2D eigenvalue weighted by molar-refractivity contribution is 6.10. The largest absolute Gasteiger partial charge is 0.441 e. The van der Waals surface area contributed by atoms with Gasteiger partial charge in [0.1, 0.15) is 5.76 Å². The van der Waals surface area contributed by atoms with Crippen molar-refractivity contribution in [1.29, 1.82) is 0 Å². The number of fused-ring (bicyclic) bond motifs is 3. The number of furan rings is 1. The molecule has 0 amide bonds. The van der Waals surface area contributed by atoms with Gasteiger partial charge in [-0.15, -0.1) is 0 Å². The maximum Gasteiger partial charge on any atom is 0.190 e. The van der Waals surface area contributed by atoms with Crippen LogP contribution in [0.15, 0.2) is 89.3 Å². The highest BCUT2D eigenvalue weighted by Crippen LogP contribution is 2.35. The summed E-state index contributed by atoms with van der Waals surface area (Å²) >= 11 is 0. The van der Waals surface area contributed by atoms with Gasteiger partial charge in [0.05, 0.1) is 11.0 Å². The highest BCUT2D eigenvalue weighted by Gasteiger charge is 2.13. The number of hydrogen-bond donors (Lipinski definition) is 1. The van der Waals surface area contributed by atoms with E-state index in [1.165, 1.54) is 16.3 Å². The number of hydrogen-bond acceptors (Lipinski definition) is 2. The van der Waals surface area contributed by atoms with Crippen molar-refractivity contribution in [2.45, 2.75) is 0 Å². The Morgan fingerprint density at radius 2 is 1.44 bits per heavy atom. The van der Waals surface area contributed by atoms with Crippen LogP contribution >= 0.6 is 0 Å². The number of anilines is 1. The third-order valence-corrected chi connectivity index (χ3v) is 4.60. The quantitative estimate of drug-likeness (QED) is 0.457. The molecule has 3 heteroatoms. The minimum Gasteiger partial charge on any atom is -0.441 e. The van der Waals surface area contributed by atoms with E-state index >= 15 is 0 Å². The Morgan fingerprint density at radius 3 is 2.24 bits per heavy atom. The zero-order chi connectivity index (χ0) is 16.8. The normalized spacial score (nSPS) is 11.4. The first-order valence-corrected chi connectivity index (χ1v) is 8.25. The second-order valence-corrected chi connectivity index (χ2v) is 6.12. The van der Waals surface area contributed by atoms with Gasteiger partial charge in [-0.1, -0.05) is 48.5 Å². The third kappa shape index (κ3) is 2.13. The fourth-order valence-electron chi connectivity index (χ4n) is 3.49. The summed E-state index contributed by atoms with van der Waals surface area (Å²) in [6.45, 7) is 0. The minimum absolute atomic E-state index is 0.429. The van der Waals surface area contributed by atoms with Crippen molar-refractivity contribution in [3.05, 3.63) is 84.9 Å². The summed E-state index contributed by atoms with van der Waals surface area (Å²) in [5.74, 6) is 1.21. The SMILES string of the molecule is Nc1ccc(-c2ccc3c4ccccc4n(-c4ccccc4)c3c2)o1. The number of nitrogens with two attached hydrogens (primary N) is 1. The Morgan fingerprint density at radius 1 is 0.680 bits per heavy atom. The van der Waals surface area contributed by atoms with Crippen molar-refractivity contribution in [1.82, 2.24) is 4.57 Å². The molecule has 120 valence electrons. The van der Waals surface area contributed by atoms with E-state index in [9.17, 15) is 0 Å². The molecule has 0 aliphatic rings. The summed E-state index contributed by atoms with van der Waals surface area (Å²) in [7, 11) is 0. The number of nitrogens with zero attached hydrogens (tertiary/aromatic N) is 1. The fraction of sp³-hybridized carbons (Fsp3) is 0. The van der Waals surface area contributed by atoms with Crippen molar-refractivity contribution >= 4 is 27.7 Å². The smallest absolute Gasteiger partial charge is 0.190 e. The lowest BCUT2D eigenvalue weighted by molar-refractivity contribution is 0.603. The summed E-state index contributed by atoms with van der Waals surface area (Å²) in [5, 5.41) is 2.47. The van der Waals surface area contributed by atoms with E-state index in [4.69, 9.17) is 10.2 Å². The molecule has 0 atom stereocenters. The van der Waals surface area contributed by atoms with Crippen molar-refractivity contribution in [2.24, 2.45) is 0 Å². The standard InChI is InChI=1S/C22H16N2O/c23-22-13-12-21(25-22)15-10-11-18-17-8-4-5-9-19(17)24(20(18)14-15)16-6-2-1-3-7-16/h1-14H,23H2. The molecule has 0 radical (unpaired) electrons. The molecule has 25 heavy (non-hydrogen) atoms. The monoisotopic (exact) mass is 324 g/mol. The van der Waals surface area contributed by atoms with Crippen LogP contribution in [-0.4, -0.2) is 4.57 Å². The topological polar surface area (TPSA) is 44.1 Å². The molecule has 0 spiro atoms. The third-order valence-electron chi connectivity index (χ3n) is 4.60. The molecule has 0 saturated heterocycles. The lowest BCUT2D eigenvalue weighted by Gasteiger charge is -2.08. The second kappa shape index (κ2) is 5.28. The van der Waals surface area contributed by atoms with Crippen LogP contribution in [0.1, 0.15) is 0 Å². The molecular formula is C22H16N2O. The summed E-state index contributed by atoms with van der Waals surface area (Å²) < 4.78 is 7.90. The van der Waals surface area contributed by atoms with Crippen molar-refractivity contribution < 1.29 is 4.42 Å². The molecule has 0 bridgehead atoms. The fourth-order valence-corrected chi connectivity index (χ4v) is 3.49. The average Bonchev–Trinajstić information content (AvgIpc) is 3.23. The lowest BCUT2D eigenvalue weighted by Crippen LogP contribution is -1.93. The molecule has 5 rings (SSSR count). The Bertz CT molecular complexity index is 1200. The number of para-hydroxylation sites is 2. The molecule has 3 aromatic carbocycles. The Labute approximate surface area is 144 Å². The lowest BCUT2D eigenvalue weighted by atomic mass is 10.1. The van der Waals surface area contributed by atoms with Crippen molar-refractivity contribution in [3.8, 4) is 17.0 Å². The van der Waals surface area contributed by atoms with Gasteiger partial charge in [-0.3, -0.25) is 0 Å². The van der Waals surface area contributed by atoms with Gasteiger partial charge in [-0.05, 0) is 30.3 Å². The maximum absolute atomic E-state index is 5.74. The number of rotatable bonds is 2. The number of nitrogen functional groups attached to an aromatic ring is 1. The van der Waals surface area contributed by atoms with E-state index < -0.39 is 0 Å². The van der Waals surface area contributed by atoms with E-state index in [1.54, 1.807) is 6.07 Å². The first-order valence-electron chi connectivity index (χ1n) is 8.25. The number of aromatic nitrogens is 1. The first kappa shape index (κ1) is 13.9. The first-order chi connectivity index (χ1) is 12.3. The minimum atomic E-state index is 0.429. The van der Waals surface area contributed by atoms with Gasteiger partial charge < -0.3 is 14.7 Å². The molecule has 0 saturated carbocycles. The van der Waals surface area contributed by atoms with E-state index in [0.717, 1.165) is 22.5 Å². The van der Waals surface area contributed by atoms with Crippen LogP contribution in [0.5, 0.6) is 0 Å². The van der Waals surface area contributed by atoms with E-state index in [0.29, 0.717) is 5.88 Å². The molecule has 0 fully saturated rings. The maximum atomic E-state index is 5.74. The van der Waals surface area contributed by atoms with Gasteiger partial charge >= 0.3 is 0 Å². The molecule has 3 nitrogen and oxygen atoms in total. The molecule has 2 N–H and O–H groups in total. The van der Waals surface area contributed by atoms with Gasteiger partial charge in [0.25, 0.3) is 0 Å². The van der Waals surface area contributed by atoms with Gasteiger partial charge in [0, 0.05) is 28.1 Å². The Balaban J connectivity index is 1.88. The van der Waals surface area contributed by atoms with Crippen LogP contribution in [-0.2, 0) is 0 Å². The van der Waals surface area contributed by atoms with Gasteiger partial charge in [0.2, 0.25) is 0 Å². The average molecular weight is 324 g/mol. The zero-order valence-electron chi connectivity index (χ0n) is 13.5. The number of benzene rings is 3. The Kier molecular flexibility index (Phi) is 2.94. The van der Waals surface area contributed by atoms with Crippen LogP contribution in [0.25, 0.3) is 38.8 Å². The molecule has 5 aromatic rings. The molecular weight excluding hydrogens is 308 g/mol. The summed E-state index contributed by atoms with van der Waals surface area (Å²) in [6, 6.07) is 29.0. The van der Waals surface area contributed by atoms with Crippen LogP contribution in [0.2, 0.25) is 0 Å². The van der Waals surface area contributed by atoms with E-state index in [2.05, 4.69) is 71.3 Å². The zero-order valence-corrected chi connectivity index (χ0v) is 13.5. The van der Waals surface area contributed by atoms with Crippen molar-refractivity contribution in [2.75, 3.05) is 5.73 Å².